The first-order valence-corrected chi connectivity index (χ1v) is 10.4. The SMILES string of the molecule is CS(=O)(=O)N1CC=C(c2cc3c(-c4ccc(C#N)cc4)ccnc3[nH]2)CC1. The molecule has 27 heavy (non-hydrogen) atoms. The predicted molar refractivity (Wildman–Crippen MR) is 105 cm³/mol. The number of nitriles is 1. The zero-order valence-corrected chi connectivity index (χ0v) is 15.6. The average molecular weight is 378 g/mol. The van der Waals surface area contributed by atoms with Crippen molar-refractivity contribution in [1.29, 1.82) is 5.26 Å². The molecule has 6 nitrogen and oxygen atoms in total. The lowest BCUT2D eigenvalue weighted by Gasteiger charge is -2.23. The molecule has 2 aromatic heterocycles. The fraction of sp³-hybridized carbons (Fsp3) is 0.200. The molecular weight excluding hydrogens is 360 g/mol. The molecule has 4 rings (SSSR count). The third kappa shape index (κ3) is 3.37. The minimum atomic E-state index is -3.16. The Morgan fingerprint density at radius 3 is 2.63 bits per heavy atom. The molecule has 0 aliphatic carbocycles. The van der Waals surface area contributed by atoms with E-state index in [0.717, 1.165) is 33.4 Å². The standard InChI is InChI=1S/C20H18N4O2S/c1-27(25,26)24-10-7-16(8-11-24)19-12-18-17(6-9-22-20(18)23-19)15-4-2-14(13-21)3-5-15/h2-7,9,12H,8,10-11H2,1H3,(H,22,23). The Balaban J connectivity index is 1.71. The molecule has 0 fully saturated rings. The molecule has 0 radical (unpaired) electrons. The highest BCUT2D eigenvalue weighted by Crippen LogP contribution is 2.31. The fourth-order valence-electron chi connectivity index (χ4n) is 3.37. The number of rotatable bonds is 3. The highest BCUT2D eigenvalue weighted by molar-refractivity contribution is 7.88. The van der Waals surface area contributed by atoms with Crippen LogP contribution in [0, 0.1) is 11.3 Å². The number of pyridine rings is 1. The van der Waals surface area contributed by atoms with Gasteiger partial charge in [0.15, 0.2) is 0 Å². The molecular formula is C20H18N4O2S. The molecule has 136 valence electrons. The summed E-state index contributed by atoms with van der Waals surface area (Å²) < 4.78 is 24.8. The van der Waals surface area contributed by atoms with Crippen LogP contribution < -0.4 is 0 Å². The number of aromatic amines is 1. The fourth-order valence-corrected chi connectivity index (χ4v) is 4.14. The van der Waals surface area contributed by atoms with E-state index in [4.69, 9.17) is 5.26 Å². The highest BCUT2D eigenvalue weighted by atomic mass is 32.2. The molecule has 0 bridgehead atoms. The Morgan fingerprint density at radius 2 is 2.00 bits per heavy atom. The van der Waals surface area contributed by atoms with Crippen molar-refractivity contribution in [2.45, 2.75) is 6.42 Å². The molecule has 7 heteroatoms. The monoisotopic (exact) mass is 378 g/mol. The van der Waals surface area contributed by atoms with Gasteiger partial charge in [-0.3, -0.25) is 0 Å². The van der Waals surface area contributed by atoms with Crippen molar-refractivity contribution < 1.29 is 8.42 Å². The molecule has 1 aliphatic heterocycles. The Bertz CT molecular complexity index is 1180. The van der Waals surface area contributed by atoms with E-state index in [9.17, 15) is 8.42 Å². The van der Waals surface area contributed by atoms with Gasteiger partial charge >= 0.3 is 0 Å². The van der Waals surface area contributed by atoms with Crippen LogP contribution in [0.3, 0.4) is 0 Å². The summed E-state index contributed by atoms with van der Waals surface area (Å²) in [6.45, 7) is 0.870. The van der Waals surface area contributed by atoms with Crippen molar-refractivity contribution >= 4 is 26.6 Å². The van der Waals surface area contributed by atoms with E-state index >= 15 is 0 Å². The summed E-state index contributed by atoms with van der Waals surface area (Å²) in [6.07, 6.45) is 5.61. The summed E-state index contributed by atoms with van der Waals surface area (Å²) in [4.78, 5) is 7.78. The number of nitrogens with zero attached hydrogens (tertiary/aromatic N) is 3. The number of hydrogen-bond acceptors (Lipinski definition) is 4. The summed E-state index contributed by atoms with van der Waals surface area (Å²) in [5, 5.41) is 9.98. The number of sulfonamides is 1. The topological polar surface area (TPSA) is 89.8 Å². The predicted octanol–water partition coefficient (Wildman–Crippen LogP) is 3.15. The lowest BCUT2D eigenvalue weighted by atomic mass is 10.0. The average Bonchev–Trinajstić information content (AvgIpc) is 3.12. The van der Waals surface area contributed by atoms with Crippen molar-refractivity contribution in [3.05, 3.63) is 59.9 Å². The quantitative estimate of drug-likeness (QED) is 0.758. The van der Waals surface area contributed by atoms with Crippen molar-refractivity contribution in [2.75, 3.05) is 19.3 Å². The van der Waals surface area contributed by atoms with Gasteiger partial charge in [-0.25, -0.2) is 13.4 Å². The molecule has 0 saturated carbocycles. The van der Waals surface area contributed by atoms with Crippen LogP contribution in [0.25, 0.3) is 27.7 Å². The van der Waals surface area contributed by atoms with Crippen LogP contribution >= 0.6 is 0 Å². The summed E-state index contributed by atoms with van der Waals surface area (Å²) >= 11 is 0. The van der Waals surface area contributed by atoms with E-state index in [1.807, 2.05) is 24.3 Å². The van der Waals surface area contributed by atoms with Gasteiger partial charge in [-0.2, -0.15) is 9.57 Å². The van der Waals surface area contributed by atoms with E-state index in [-0.39, 0.29) is 0 Å². The largest absolute Gasteiger partial charge is 0.339 e. The summed E-state index contributed by atoms with van der Waals surface area (Å²) in [6, 6.07) is 13.6. The second-order valence-corrected chi connectivity index (χ2v) is 8.58. The Labute approximate surface area is 157 Å². The van der Waals surface area contributed by atoms with Crippen LogP contribution in [0.15, 0.2) is 48.7 Å². The van der Waals surface area contributed by atoms with E-state index in [1.54, 1.807) is 18.3 Å². The first-order valence-electron chi connectivity index (χ1n) is 8.58. The number of benzene rings is 1. The maximum Gasteiger partial charge on any atom is 0.211 e. The Morgan fingerprint density at radius 1 is 1.22 bits per heavy atom. The van der Waals surface area contributed by atoms with Gasteiger partial charge in [-0.1, -0.05) is 18.2 Å². The van der Waals surface area contributed by atoms with E-state index < -0.39 is 10.0 Å². The van der Waals surface area contributed by atoms with Gasteiger partial charge in [-0.05, 0) is 47.4 Å². The molecule has 1 aromatic carbocycles. The summed E-state index contributed by atoms with van der Waals surface area (Å²) in [5.74, 6) is 0. The first-order chi connectivity index (χ1) is 13.0. The summed E-state index contributed by atoms with van der Waals surface area (Å²) in [5.41, 5.74) is 5.54. The van der Waals surface area contributed by atoms with Gasteiger partial charge < -0.3 is 4.98 Å². The van der Waals surface area contributed by atoms with Crippen LogP contribution in [0.5, 0.6) is 0 Å². The highest BCUT2D eigenvalue weighted by Gasteiger charge is 2.21. The van der Waals surface area contributed by atoms with Gasteiger partial charge in [0.05, 0.1) is 17.9 Å². The zero-order chi connectivity index (χ0) is 19.0. The van der Waals surface area contributed by atoms with Crippen LogP contribution in [0.4, 0.5) is 0 Å². The van der Waals surface area contributed by atoms with Crippen LogP contribution in [0.2, 0.25) is 0 Å². The second kappa shape index (κ2) is 6.65. The maximum atomic E-state index is 11.7. The molecule has 0 spiro atoms. The van der Waals surface area contributed by atoms with Crippen LogP contribution in [-0.2, 0) is 10.0 Å². The molecule has 0 amide bonds. The maximum absolute atomic E-state index is 11.7. The lowest BCUT2D eigenvalue weighted by Crippen LogP contribution is -2.33. The second-order valence-electron chi connectivity index (χ2n) is 6.59. The normalized spacial score (nSPS) is 15.5. The summed E-state index contributed by atoms with van der Waals surface area (Å²) in [7, 11) is -3.16. The molecule has 0 atom stereocenters. The van der Waals surface area contributed by atoms with Gasteiger partial charge in [0, 0.05) is 30.4 Å². The van der Waals surface area contributed by atoms with Crippen LogP contribution in [-0.4, -0.2) is 42.0 Å². The lowest BCUT2D eigenvalue weighted by molar-refractivity contribution is 0.445. The molecule has 1 aliphatic rings. The van der Waals surface area contributed by atoms with Gasteiger partial charge in [0.1, 0.15) is 5.65 Å². The van der Waals surface area contributed by atoms with E-state index in [1.165, 1.54) is 10.6 Å². The van der Waals surface area contributed by atoms with Crippen molar-refractivity contribution in [3.8, 4) is 17.2 Å². The molecule has 1 N–H and O–H groups in total. The Hall–Kier alpha value is -2.95. The minimum absolute atomic E-state index is 0.388. The third-order valence-electron chi connectivity index (χ3n) is 4.84. The van der Waals surface area contributed by atoms with Crippen molar-refractivity contribution in [3.63, 3.8) is 0 Å². The number of H-pyrrole nitrogens is 1. The van der Waals surface area contributed by atoms with Gasteiger partial charge in [0.25, 0.3) is 0 Å². The molecule has 0 unspecified atom stereocenters. The number of hydrogen-bond donors (Lipinski definition) is 1. The van der Waals surface area contributed by atoms with Gasteiger partial charge in [0.2, 0.25) is 10.0 Å². The number of aromatic nitrogens is 2. The van der Waals surface area contributed by atoms with E-state index in [2.05, 4.69) is 22.1 Å². The molecule has 3 heterocycles. The number of fused-ring (bicyclic) bond motifs is 1. The first kappa shape index (κ1) is 17.5. The molecule has 3 aromatic rings. The van der Waals surface area contributed by atoms with Crippen molar-refractivity contribution in [1.82, 2.24) is 14.3 Å². The van der Waals surface area contributed by atoms with Crippen LogP contribution in [0.1, 0.15) is 17.7 Å². The minimum Gasteiger partial charge on any atom is -0.339 e. The number of nitrogens with one attached hydrogen (secondary N) is 1. The van der Waals surface area contributed by atoms with Crippen molar-refractivity contribution in [2.24, 2.45) is 0 Å². The van der Waals surface area contributed by atoms with Gasteiger partial charge in [-0.15, -0.1) is 0 Å². The van der Waals surface area contributed by atoms with E-state index in [0.29, 0.717) is 25.1 Å². The molecule has 0 saturated heterocycles. The Kier molecular flexibility index (Phi) is 4.30. The third-order valence-corrected chi connectivity index (χ3v) is 6.11. The zero-order valence-electron chi connectivity index (χ0n) is 14.8. The smallest absolute Gasteiger partial charge is 0.211 e.